The van der Waals surface area contributed by atoms with Crippen LogP contribution in [0, 0.1) is 10.8 Å². The van der Waals surface area contributed by atoms with Gasteiger partial charge in [0.15, 0.2) is 11.8 Å². The van der Waals surface area contributed by atoms with Crippen LogP contribution in [-0.4, -0.2) is 107 Å². The fourth-order valence-electron chi connectivity index (χ4n) is 9.14. The van der Waals surface area contributed by atoms with E-state index in [1.54, 1.807) is 65.0 Å². The lowest BCUT2D eigenvalue weighted by Crippen LogP contribution is -2.70. The summed E-state index contributed by atoms with van der Waals surface area (Å²) in [7, 11) is 0. The number of carbonyl (C=O) groups is 5. The van der Waals surface area contributed by atoms with E-state index in [0.29, 0.717) is 18.4 Å². The van der Waals surface area contributed by atoms with Crippen molar-refractivity contribution >= 4 is 35.9 Å². The van der Waals surface area contributed by atoms with Crippen LogP contribution in [0.4, 0.5) is 0 Å². The summed E-state index contributed by atoms with van der Waals surface area (Å²) < 4.78 is 35.5. The number of ether oxygens (including phenoxy) is 6. The van der Waals surface area contributed by atoms with Crippen molar-refractivity contribution in [2.75, 3.05) is 13.2 Å². The number of rotatable bonds is 11. The number of fused-ring (bicyclic) bond motifs is 5. The van der Waals surface area contributed by atoms with Crippen LogP contribution in [0.5, 0.6) is 0 Å². The Balaban J connectivity index is 1.03. The molecule has 4 heterocycles. The molecule has 2 aliphatic carbocycles. The highest BCUT2D eigenvalue weighted by atomic mass is 16.8. The normalized spacial score (nSPS) is 30.7. The van der Waals surface area contributed by atoms with Gasteiger partial charge in [-0.3, -0.25) is 19.2 Å². The Morgan fingerprint density at radius 3 is 2.33 bits per heavy atom. The summed E-state index contributed by atoms with van der Waals surface area (Å²) >= 11 is 0. The number of hydrogen-bond donors (Lipinski definition) is 2. The van der Waals surface area contributed by atoms with Gasteiger partial charge in [0, 0.05) is 37.2 Å². The average Bonchev–Trinajstić information content (AvgIpc) is 3.90. The largest absolute Gasteiger partial charge is 0.462 e. The Bertz CT molecular complexity index is 1980. The molecule has 2 bridgehead atoms. The second kappa shape index (κ2) is 14.9. The predicted octanol–water partition coefficient (Wildman–Crippen LogP) is 2.87. The molecule has 1 amide bonds. The molecule has 4 saturated heterocycles. The van der Waals surface area contributed by atoms with E-state index in [9.17, 15) is 29.1 Å². The minimum atomic E-state index is -1.50. The van der Waals surface area contributed by atoms with Gasteiger partial charge in [-0.1, -0.05) is 62.4 Å². The highest BCUT2D eigenvalue weighted by Gasteiger charge is 2.76. The van der Waals surface area contributed by atoms with Crippen molar-refractivity contribution < 1.29 is 62.3 Å². The average molecular weight is 803 g/mol. The van der Waals surface area contributed by atoms with Crippen molar-refractivity contribution in [2.24, 2.45) is 10.8 Å². The van der Waals surface area contributed by atoms with Crippen molar-refractivity contribution in [1.29, 1.82) is 0 Å². The van der Waals surface area contributed by atoms with Gasteiger partial charge in [0.2, 0.25) is 12.0 Å². The highest BCUT2D eigenvalue weighted by Crippen LogP contribution is 2.58. The molecule has 6 aliphatic rings. The number of benzene rings is 2. The van der Waals surface area contributed by atoms with Gasteiger partial charge >= 0.3 is 23.9 Å². The fraction of sp³-hybridized carbons (Fsp3) is 0.558. The molecule has 15 heteroatoms. The van der Waals surface area contributed by atoms with Crippen molar-refractivity contribution in [1.82, 2.24) is 10.4 Å². The molecular weight excluding hydrogens is 752 g/mol. The lowest BCUT2D eigenvalue weighted by atomic mass is 9.62. The summed E-state index contributed by atoms with van der Waals surface area (Å²) in [4.78, 5) is 72.8. The Morgan fingerprint density at radius 1 is 1.00 bits per heavy atom. The van der Waals surface area contributed by atoms with Crippen LogP contribution in [0.1, 0.15) is 76.1 Å². The molecule has 8 rings (SSSR count). The SMILES string of the molecule is CC(C)(C)OC(=O)CCC(CO)NC(=O)C12CC3OC(=O)C1N(Cc1ccc(C=CC(=O)OC4C(=O)OCC4(C)C)cc1)OC2C1OC2(Cc4ccccc4C2)OC31. The number of nitrogens with one attached hydrogen (secondary N) is 1. The van der Waals surface area contributed by atoms with Gasteiger partial charge in [-0.05, 0) is 55.5 Å². The van der Waals surface area contributed by atoms with E-state index in [-0.39, 0.29) is 32.4 Å². The number of aliphatic hydroxyl groups is 1. The molecule has 4 aliphatic heterocycles. The maximum Gasteiger partial charge on any atom is 0.348 e. The first kappa shape index (κ1) is 40.1. The lowest BCUT2D eigenvalue weighted by molar-refractivity contribution is -0.217. The second-order valence-electron chi connectivity index (χ2n) is 17.9. The molecule has 0 aromatic heterocycles. The van der Waals surface area contributed by atoms with Crippen molar-refractivity contribution in [3.05, 3.63) is 76.9 Å². The van der Waals surface area contributed by atoms with Gasteiger partial charge in [-0.15, -0.1) is 0 Å². The van der Waals surface area contributed by atoms with Crippen molar-refractivity contribution in [3.63, 3.8) is 0 Å². The van der Waals surface area contributed by atoms with E-state index >= 15 is 0 Å². The van der Waals surface area contributed by atoms with E-state index in [2.05, 4.69) is 5.32 Å². The van der Waals surface area contributed by atoms with Crippen LogP contribution in [0.15, 0.2) is 54.6 Å². The van der Waals surface area contributed by atoms with Gasteiger partial charge in [0.05, 0.1) is 19.2 Å². The number of hydrogen-bond acceptors (Lipinski definition) is 14. The Hall–Kier alpha value is -4.67. The third-order valence-electron chi connectivity index (χ3n) is 11.9. The minimum Gasteiger partial charge on any atom is -0.462 e. The van der Waals surface area contributed by atoms with Crippen LogP contribution in [-0.2, 0) is 76.6 Å². The topological polar surface area (TPSA) is 185 Å². The van der Waals surface area contributed by atoms with Gasteiger partial charge in [-0.25, -0.2) is 9.59 Å². The molecule has 2 aromatic carbocycles. The Labute approximate surface area is 336 Å². The van der Waals surface area contributed by atoms with E-state index in [1.165, 1.54) is 11.1 Å². The molecule has 58 heavy (non-hydrogen) atoms. The molecule has 2 aromatic rings. The minimum absolute atomic E-state index is 0.0413. The lowest BCUT2D eigenvalue weighted by Gasteiger charge is -2.49. The fourth-order valence-corrected chi connectivity index (χ4v) is 9.14. The van der Waals surface area contributed by atoms with E-state index in [1.807, 2.05) is 24.3 Å². The molecule has 8 atom stereocenters. The van der Waals surface area contributed by atoms with Gasteiger partial charge in [0.1, 0.15) is 42.0 Å². The van der Waals surface area contributed by atoms with Crippen LogP contribution >= 0.6 is 0 Å². The third kappa shape index (κ3) is 7.43. The van der Waals surface area contributed by atoms with E-state index in [4.69, 9.17) is 33.3 Å². The van der Waals surface area contributed by atoms with E-state index < -0.39 is 101 Å². The van der Waals surface area contributed by atoms with Gasteiger partial charge in [-0.2, -0.15) is 5.06 Å². The number of aliphatic hydroxyl groups excluding tert-OH is 1. The first-order chi connectivity index (χ1) is 27.5. The van der Waals surface area contributed by atoms with Crippen LogP contribution in [0.25, 0.3) is 6.08 Å². The Kier molecular flexibility index (Phi) is 10.3. The summed E-state index contributed by atoms with van der Waals surface area (Å²) in [6.07, 6.45) is -0.318. The molecule has 1 saturated carbocycles. The van der Waals surface area contributed by atoms with Gasteiger partial charge in [0.25, 0.3) is 0 Å². The number of nitrogens with zero attached hydrogens (tertiary/aromatic N) is 1. The molecule has 8 unspecified atom stereocenters. The maximum atomic E-state index is 14.8. The zero-order valence-electron chi connectivity index (χ0n) is 33.3. The molecule has 1 spiro atoms. The standard InChI is InChI=1S/C43H50N2O13/c1-40(2,3)55-31(48)17-15-28(22-46)44-39(51)43-20-29-32-33(57-42(56-32)18-26-8-6-7-9-27(26)19-42)35(43)58-45(34(43)37(49)53-29)21-25-12-10-24(11-13-25)14-16-30(47)54-36-38(50)52-23-41(36,4)5/h6-14,16,28-29,32-36,46H,15,17-23H2,1-5H3,(H,44,51). The summed E-state index contributed by atoms with van der Waals surface area (Å²) in [5.74, 6) is -3.91. The van der Waals surface area contributed by atoms with Crippen molar-refractivity contribution in [3.8, 4) is 0 Å². The highest BCUT2D eigenvalue weighted by molar-refractivity contribution is 5.94. The molecule has 0 radical (unpaired) electrons. The molecule has 2 N–H and O–H groups in total. The predicted molar refractivity (Wildman–Crippen MR) is 202 cm³/mol. The van der Waals surface area contributed by atoms with E-state index in [0.717, 1.165) is 16.7 Å². The molecule has 310 valence electrons. The quantitative estimate of drug-likeness (QED) is 0.192. The Morgan fingerprint density at radius 2 is 1.69 bits per heavy atom. The number of amides is 1. The van der Waals surface area contributed by atoms with Crippen molar-refractivity contribution in [2.45, 2.75) is 127 Å². The summed E-state index contributed by atoms with van der Waals surface area (Å²) in [5.41, 5.74) is 0.762. The number of carbonyl (C=O) groups excluding carboxylic acids is 5. The zero-order chi connectivity index (χ0) is 41.2. The summed E-state index contributed by atoms with van der Waals surface area (Å²) in [6.45, 7) is 8.66. The zero-order valence-corrected chi connectivity index (χ0v) is 33.3. The first-order valence-corrected chi connectivity index (χ1v) is 19.8. The smallest absolute Gasteiger partial charge is 0.348 e. The maximum absolute atomic E-state index is 14.8. The van der Waals surface area contributed by atoms with Crippen LogP contribution in [0.2, 0.25) is 0 Å². The van der Waals surface area contributed by atoms with Crippen LogP contribution in [0.3, 0.4) is 0 Å². The third-order valence-corrected chi connectivity index (χ3v) is 11.9. The summed E-state index contributed by atoms with van der Waals surface area (Å²) in [5, 5.41) is 14.8. The summed E-state index contributed by atoms with van der Waals surface area (Å²) in [6, 6.07) is 13.1. The van der Waals surface area contributed by atoms with Gasteiger partial charge < -0.3 is 38.8 Å². The van der Waals surface area contributed by atoms with Crippen LogP contribution < -0.4 is 5.32 Å². The molecular formula is C43H50N2O13. The number of cyclic esters (lactones) is 1. The molecule has 5 fully saturated rings. The number of esters is 4. The first-order valence-electron chi connectivity index (χ1n) is 19.8. The second-order valence-corrected chi connectivity index (χ2v) is 17.9. The number of hydroxylamine groups is 2. The monoisotopic (exact) mass is 802 g/mol. The molecule has 15 nitrogen and oxygen atoms in total.